The zero-order valence-corrected chi connectivity index (χ0v) is 16.7. The number of methoxy groups -OCH3 is 1. The molecule has 0 spiro atoms. The molecule has 2 aliphatic rings. The zero-order valence-electron chi connectivity index (χ0n) is 16.7. The Balaban J connectivity index is 1.39. The van der Waals surface area contributed by atoms with Crippen LogP contribution in [0, 0.1) is 0 Å². The summed E-state index contributed by atoms with van der Waals surface area (Å²) in [6.45, 7) is 5.78. The smallest absolute Gasteiger partial charge is 0.272 e. The van der Waals surface area contributed by atoms with E-state index in [-0.39, 0.29) is 24.2 Å². The Morgan fingerprint density at radius 2 is 2.04 bits per heavy atom. The molecule has 2 aromatic rings. The van der Waals surface area contributed by atoms with Crippen molar-refractivity contribution in [2.75, 3.05) is 25.1 Å². The lowest BCUT2D eigenvalue weighted by Gasteiger charge is -2.34. The number of hydrogen-bond donors (Lipinski definition) is 2. The number of piperidine rings is 1. The van der Waals surface area contributed by atoms with Crippen LogP contribution in [-0.4, -0.2) is 48.4 Å². The lowest BCUT2D eigenvalue weighted by molar-refractivity contribution is -0.00697. The first kappa shape index (κ1) is 18.8. The molecule has 1 aromatic carbocycles. The van der Waals surface area contributed by atoms with Gasteiger partial charge in [-0.3, -0.25) is 9.89 Å². The highest BCUT2D eigenvalue weighted by atomic mass is 16.5. The van der Waals surface area contributed by atoms with Gasteiger partial charge in [-0.25, -0.2) is 0 Å². The minimum absolute atomic E-state index is 0.0584. The molecule has 0 saturated carbocycles. The minimum Gasteiger partial charge on any atom is -0.495 e. The lowest BCUT2D eigenvalue weighted by atomic mass is 9.99. The number of nitrogens with one attached hydrogen (secondary N) is 2. The molecule has 3 heterocycles. The van der Waals surface area contributed by atoms with Crippen LogP contribution in [0.25, 0.3) is 0 Å². The van der Waals surface area contributed by atoms with Gasteiger partial charge >= 0.3 is 0 Å². The summed E-state index contributed by atoms with van der Waals surface area (Å²) >= 11 is 0. The normalized spacial score (nSPS) is 22.6. The third-order valence-electron chi connectivity index (χ3n) is 5.70. The van der Waals surface area contributed by atoms with Crippen LogP contribution >= 0.6 is 0 Å². The second-order valence-corrected chi connectivity index (χ2v) is 7.66. The molecule has 0 unspecified atom stereocenters. The van der Waals surface area contributed by atoms with Gasteiger partial charge in [0, 0.05) is 31.1 Å². The van der Waals surface area contributed by atoms with Crippen LogP contribution in [0.1, 0.15) is 54.5 Å². The molecule has 7 nitrogen and oxygen atoms in total. The third kappa shape index (κ3) is 3.58. The van der Waals surface area contributed by atoms with Gasteiger partial charge in [0.2, 0.25) is 0 Å². The summed E-state index contributed by atoms with van der Waals surface area (Å²) in [6, 6.07) is 8.22. The molecule has 0 radical (unpaired) electrons. The van der Waals surface area contributed by atoms with Crippen LogP contribution in [0.3, 0.4) is 0 Å². The highest BCUT2D eigenvalue weighted by Crippen LogP contribution is 2.31. The van der Waals surface area contributed by atoms with E-state index in [0.717, 1.165) is 48.6 Å². The number of para-hydroxylation sites is 2. The predicted octanol–water partition coefficient (Wildman–Crippen LogP) is 2.84. The van der Waals surface area contributed by atoms with Crippen molar-refractivity contribution in [3.05, 3.63) is 41.2 Å². The van der Waals surface area contributed by atoms with Gasteiger partial charge in [-0.2, -0.15) is 5.10 Å². The lowest BCUT2D eigenvalue weighted by Crippen LogP contribution is -2.45. The fourth-order valence-corrected chi connectivity index (χ4v) is 4.27. The van der Waals surface area contributed by atoms with E-state index in [2.05, 4.69) is 26.5 Å². The number of ether oxygens (including phenoxy) is 2. The van der Waals surface area contributed by atoms with E-state index in [1.165, 1.54) is 0 Å². The van der Waals surface area contributed by atoms with Crippen LogP contribution in [-0.2, 0) is 11.2 Å². The summed E-state index contributed by atoms with van der Waals surface area (Å²) in [6.07, 6.45) is 2.54. The summed E-state index contributed by atoms with van der Waals surface area (Å²) in [5.74, 6) is 0.799. The van der Waals surface area contributed by atoms with E-state index in [4.69, 9.17) is 9.47 Å². The molecule has 7 heteroatoms. The van der Waals surface area contributed by atoms with Crippen LogP contribution in [0.4, 0.5) is 5.69 Å². The zero-order chi connectivity index (χ0) is 19.7. The second-order valence-electron chi connectivity index (χ2n) is 7.66. The van der Waals surface area contributed by atoms with Crippen LogP contribution in [0.5, 0.6) is 5.75 Å². The van der Waals surface area contributed by atoms with Gasteiger partial charge in [0.05, 0.1) is 30.7 Å². The number of H-pyrrole nitrogens is 1. The summed E-state index contributed by atoms with van der Waals surface area (Å²) in [5, 5.41) is 10.5. The summed E-state index contributed by atoms with van der Waals surface area (Å²) in [4.78, 5) is 15.2. The first-order valence-electron chi connectivity index (χ1n) is 9.98. The van der Waals surface area contributed by atoms with Crippen molar-refractivity contribution in [2.45, 2.75) is 51.4 Å². The molecule has 1 fully saturated rings. The molecule has 0 bridgehead atoms. The first-order chi connectivity index (χ1) is 13.6. The Hall–Kier alpha value is -2.54. The topological polar surface area (TPSA) is 79.5 Å². The van der Waals surface area contributed by atoms with Crippen molar-refractivity contribution in [1.29, 1.82) is 0 Å². The van der Waals surface area contributed by atoms with Gasteiger partial charge in [0.1, 0.15) is 5.75 Å². The number of rotatable bonds is 4. The van der Waals surface area contributed by atoms with E-state index >= 15 is 0 Å². The number of nitrogens with zero attached hydrogens (tertiary/aromatic N) is 2. The molecule has 0 aliphatic carbocycles. The molecule has 1 amide bonds. The van der Waals surface area contributed by atoms with Gasteiger partial charge in [0.25, 0.3) is 5.91 Å². The summed E-state index contributed by atoms with van der Waals surface area (Å²) in [7, 11) is 1.70. The molecule has 1 aromatic heterocycles. The van der Waals surface area contributed by atoms with Crippen LogP contribution in [0.15, 0.2) is 24.3 Å². The van der Waals surface area contributed by atoms with Crippen LogP contribution in [0.2, 0.25) is 0 Å². The average molecular weight is 384 g/mol. The fourth-order valence-electron chi connectivity index (χ4n) is 4.27. The number of anilines is 1. The maximum atomic E-state index is 12.8. The molecular formula is C21H28N4O3. The number of amides is 1. The van der Waals surface area contributed by atoms with Gasteiger partial charge in [-0.05, 0) is 38.8 Å². The maximum absolute atomic E-state index is 12.8. The minimum atomic E-state index is -0.0884. The quantitative estimate of drug-likeness (QED) is 0.847. The number of carbonyl (C=O) groups is 1. The first-order valence-corrected chi connectivity index (χ1v) is 9.98. The van der Waals surface area contributed by atoms with Gasteiger partial charge in [-0.15, -0.1) is 0 Å². The van der Waals surface area contributed by atoms with Crippen molar-refractivity contribution in [1.82, 2.24) is 15.5 Å². The molecule has 2 aliphatic heterocycles. The third-order valence-corrected chi connectivity index (χ3v) is 5.70. The van der Waals surface area contributed by atoms with E-state index in [0.29, 0.717) is 12.1 Å². The molecule has 1 saturated heterocycles. The molecular weight excluding hydrogens is 356 g/mol. The van der Waals surface area contributed by atoms with Crippen molar-refractivity contribution in [2.24, 2.45) is 0 Å². The molecule has 28 heavy (non-hydrogen) atoms. The predicted molar refractivity (Wildman–Crippen MR) is 107 cm³/mol. The van der Waals surface area contributed by atoms with Gasteiger partial charge in [0.15, 0.2) is 5.69 Å². The Kier molecular flexibility index (Phi) is 5.26. The number of carbonyl (C=O) groups excluding carboxylic acids is 1. The van der Waals surface area contributed by atoms with E-state index in [1.807, 2.05) is 32.0 Å². The largest absolute Gasteiger partial charge is 0.495 e. The van der Waals surface area contributed by atoms with Crippen molar-refractivity contribution >= 4 is 11.6 Å². The highest BCUT2D eigenvalue weighted by molar-refractivity contribution is 5.94. The number of hydrogen-bond acceptors (Lipinski definition) is 5. The highest BCUT2D eigenvalue weighted by Gasteiger charge is 2.31. The van der Waals surface area contributed by atoms with E-state index in [1.54, 1.807) is 7.11 Å². The molecule has 2 N–H and O–H groups in total. The van der Waals surface area contributed by atoms with E-state index < -0.39 is 0 Å². The molecule has 150 valence electrons. The van der Waals surface area contributed by atoms with Crippen molar-refractivity contribution in [3.8, 4) is 5.75 Å². The second kappa shape index (κ2) is 7.83. The van der Waals surface area contributed by atoms with Crippen molar-refractivity contribution in [3.63, 3.8) is 0 Å². The van der Waals surface area contributed by atoms with E-state index in [9.17, 15) is 4.79 Å². The Morgan fingerprint density at radius 1 is 1.29 bits per heavy atom. The Morgan fingerprint density at radius 3 is 2.79 bits per heavy atom. The summed E-state index contributed by atoms with van der Waals surface area (Å²) in [5.41, 5.74) is 3.55. The Bertz CT molecular complexity index is 842. The maximum Gasteiger partial charge on any atom is 0.272 e. The van der Waals surface area contributed by atoms with Crippen molar-refractivity contribution < 1.29 is 14.3 Å². The number of aromatic nitrogens is 2. The number of fused-ring (bicyclic) bond motifs is 1. The summed E-state index contributed by atoms with van der Waals surface area (Å²) < 4.78 is 11.3. The average Bonchev–Trinajstić information content (AvgIpc) is 3.13. The number of benzene rings is 1. The monoisotopic (exact) mass is 384 g/mol. The standard InChI is InChI=1S/C21H28N4O3/c1-13-12-16-19(14(2)28-13)23-24-20(16)21(26)22-15-8-10-25(11-9-15)17-6-4-5-7-18(17)27-3/h4-7,13-15H,8-12H2,1-3H3,(H,22,26)(H,23,24)/t13-,14+/m0/s1. The Labute approximate surface area is 165 Å². The SMILES string of the molecule is COc1ccccc1N1CCC(NC(=O)c2n[nH]c3c2C[C@H](C)O[C@@H]3C)CC1. The van der Waals surface area contributed by atoms with Crippen LogP contribution < -0.4 is 15.0 Å². The van der Waals surface area contributed by atoms with Gasteiger partial charge < -0.3 is 19.7 Å². The molecule has 2 atom stereocenters. The molecule has 4 rings (SSSR count). The van der Waals surface area contributed by atoms with Gasteiger partial charge in [-0.1, -0.05) is 12.1 Å². The fraction of sp³-hybridized carbons (Fsp3) is 0.524. The number of aromatic amines is 1.